The number of benzene rings is 1. The van der Waals surface area contributed by atoms with Crippen molar-refractivity contribution in [3.63, 3.8) is 0 Å². The molecule has 0 atom stereocenters. The zero-order valence-electron chi connectivity index (χ0n) is 17.3. The third-order valence-electron chi connectivity index (χ3n) is 4.98. The first-order valence-corrected chi connectivity index (χ1v) is 10.4. The Labute approximate surface area is 185 Å². The van der Waals surface area contributed by atoms with Gasteiger partial charge in [0.05, 0.1) is 5.69 Å². The van der Waals surface area contributed by atoms with Crippen LogP contribution in [0.3, 0.4) is 0 Å². The van der Waals surface area contributed by atoms with Crippen molar-refractivity contribution in [2.45, 2.75) is 6.54 Å². The maximum absolute atomic E-state index is 4.72. The number of aromatic nitrogens is 6. The Balaban J connectivity index is 1.39. The van der Waals surface area contributed by atoms with Crippen molar-refractivity contribution in [1.29, 1.82) is 0 Å². The van der Waals surface area contributed by atoms with E-state index in [2.05, 4.69) is 37.0 Å². The van der Waals surface area contributed by atoms with Crippen LogP contribution in [-0.2, 0) is 6.54 Å². The van der Waals surface area contributed by atoms with E-state index in [1.807, 2.05) is 67.0 Å². The standard InChI is InChI=1S/C25H21N7/c1-2-7-19(8-3-1)25-29-14-16-32(25)15-13-28-23-17-22(20-9-6-11-26-18-20)30-24(31-23)21-10-4-5-12-27-21/h1-12,14,16-18H,13,15H2,(H,28,30,31). The summed E-state index contributed by atoms with van der Waals surface area (Å²) in [6.07, 6.45) is 9.11. The Morgan fingerprint density at radius 3 is 2.44 bits per heavy atom. The summed E-state index contributed by atoms with van der Waals surface area (Å²) in [6, 6.07) is 21.7. The first-order chi connectivity index (χ1) is 15.9. The quantitative estimate of drug-likeness (QED) is 0.416. The number of hydrogen-bond donors (Lipinski definition) is 1. The van der Waals surface area contributed by atoms with Crippen molar-refractivity contribution in [1.82, 2.24) is 29.5 Å². The average molecular weight is 419 g/mol. The van der Waals surface area contributed by atoms with E-state index in [9.17, 15) is 0 Å². The smallest absolute Gasteiger partial charge is 0.180 e. The number of hydrogen-bond acceptors (Lipinski definition) is 6. The summed E-state index contributed by atoms with van der Waals surface area (Å²) in [6.45, 7) is 1.43. The number of imidazole rings is 1. The maximum atomic E-state index is 4.72. The third kappa shape index (κ3) is 4.37. The molecule has 5 rings (SSSR count). The predicted octanol–water partition coefficient (Wildman–Crippen LogP) is 4.58. The SMILES string of the molecule is c1ccc(-c2nccn2CCNc2cc(-c3cccnc3)nc(-c3ccccn3)n2)cc1. The second-order valence-electron chi connectivity index (χ2n) is 7.16. The Morgan fingerprint density at radius 1 is 0.750 bits per heavy atom. The average Bonchev–Trinajstić information content (AvgIpc) is 3.34. The van der Waals surface area contributed by atoms with Crippen LogP contribution in [0.1, 0.15) is 0 Å². The fraction of sp³-hybridized carbons (Fsp3) is 0.0800. The molecule has 7 nitrogen and oxygen atoms in total. The van der Waals surface area contributed by atoms with Gasteiger partial charge in [0.1, 0.15) is 17.3 Å². The third-order valence-corrected chi connectivity index (χ3v) is 4.98. The van der Waals surface area contributed by atoms with Gasteiger partial charge in [-0.3, -0.25) is 9.97 Å². The van der Waals surface area contributed by atoms with Crippen molar-refractivity contribution in [3.05, 3.63) is 97.7 Å². The van der Waals surface area contributed by atoms with Crippen molar-refractivity contribution in [2.24, 2.45) is 0 Å². The summed E-state index contributed by atoms with van der Waals surface area (Å²) in [5, 5.41) is 3.43. The lowest BCUT2D eigenvalue weighted by molar-refractivity contribution is 0.733. The van der Waals surface area contributed by atoms with Gasteiger partial charge in [-0.1, -0.05) is 36.4 Å². The molecule has 1 aromatic carbocycles. The number of nitrogens with one attached hydrogen (secondary N) is 1. The molecule has 5 aromatic rings. The van der Waals surface area contributed by atoms with Crippen LogP contribution in [0, 0.1) is 0 Å². The Morgan fingerprint density at radius 2 is 1.62 bits per heavy atom. The van der Waals surface area contributed by atoms with Crippen LogP contribution >= 0.6 is 0 Å². The van der Waals surface area contributed by atoms with Gasteiger partial charge in [0.25, 0.3) is 0 Å². The molecule has 0 radical (unpaired) electrons. The lowest BCUT2D eigenvalue weighted by Crippen LogP contribution is -2.12. The van der Waals surface area contributed by atoms with Crippen LogP contribution in [0.2, 0.25) is 0 Å². The zero-order chi connectivity index (χ0) is 21.6. The van der Waals surface area contributed by atoms with E-state index >= 15 is 0 Å². The van der Waals surface area contributed by atoms with E-state index in [0.29, 0.717) is 12.4 Å². The number of nitrogens with zero attached hydrogens (tertiary/aromatic N) is 6. The molecule has 1 N–H and O–H groups in total. The fourth-order valence-electron chi connectivity index (χ4n) is 3.45. The van der Waals surface area contributed by atoms with Crippen LogP contribution in [0.25, 0.3) is 34.2 Å². The minimum atomic E-state index is 0.571. The summed E-state index contributed by atoms with van der Waals surface area (Å²) in [5.41, 5.74) is 3.54. The fourth-order valence-corrected chi connectivity index (χ4v) is 3.45. The summed E-state index contributed by atoms with van der Waals surface area (Å²) in [7, 11) is 0. The zero-order valence-corrected chi connectivity index (χ0v) is 17.3. The highest BCUT2D eigenvalue weighted by molar-refractivity contribution is 5.65. The molecule has 4 aromatic heterocycles. The van der Waals surface area contributed by atoms with Gasteiger partial charge in [0.2, 0.25) is 0 Å². The normalized spacial score (nSPS) is 10.8. The van der Waals surface area contributed by atoms with Crippen LogP contribution in [-0.4, -0.2) is 36.0 Å². The lowest BCUT2D eigenvalue weighted by atomic mass is 10.2. The molecular formula is C25H21N7. The van der Waals surface area contributed by atoms with E-state index < -0.39 is 0 Å². The second kappa shape index (κ2) is 9.18. The topological polar surface area (TPSA) is 81.4 Å². The molecule has 0 aliphatic rings. The monoisotopic (exact) mass is 419 g/mol. The van der Waals surface area contributed by atoms with E-state index in [0.717, 1.165) is 40.7 Å². The Hall–Kier alpha value is -4.39. The van der Waals surface area contributed by atoms with E-state index in [1.165, 1.54) is 0 Å². The number of anilines is 1. The highest BCUT2D eigenvalue weighted by Crippen LogP contribution is 2.23. The van der Waals surface area contributed by atoms with E-state index in [-0.39, 0.29) is 0 Å². The highest BCUT2D eigenvalue weighted by atomic mass is 15.1. The molecule has 0 aliphatic heterocycles. The highest BCUT2D eigenvalue weighted by Gasteiger charge is 2.10. The molecule has 0 aliphatic carbocycles. The van der Waals surface area contributed by atoms with Gasteiger partial charge in [-0.05, 0) is 24.3 Å². The second-order valence-corrected chi connectivity index (χ2v) is 7.16. The minimum absolute atomic E-state index is 0.571. The van der Waals surface area contributed by atoms with Crippen molar-refractivity contribution in [2.75, 3.05) is 11.9 Å². The first-order valence-electron chi connectivity index (χ1n) is 10.4. The molecule has 4 heterocycles. The van der Waals surface area contributed by atoms with E-state index in [1.54, 1.807) is 18.6 Å². The van der Waals surface area contributed by atoms with Crippen LogP contribution in [0.4, 0.5) is 5.82 Å². The molecule has 156 valence electrons. The van der Waals surface area contributed by atoms with Crippen LogP contribution in [0.5, 0.6) is 0 Å². The summed E-state index contributed by atoms with van der Waals surface area (Å²) < 4.78 is 2.13. The van der Waals surface area contributed by atoms with Gasteiger partial charge >= 0.3 is 0 Å². The van der Waals surface area contributed by atoms with Gasteiger partial charge in [-0.2, -0.15) is 0 Å². The molecule has 0 unspecified atom stereocenters. The maximum Gasteiger partial charge on any atom is 0.180 e. The van der Waals surface area contributed by atoms with Crippen LogP contribution < -0.4 is 5.32 Å². The molecule has 0 spiro atoms. The minimum Gasteiger partial charge on any atom is -0.368 e. The Kier molecular flexibility index (Phi) is 5.61. The molecule has 0 saturated heterocycles. The number of pyridine rings is 2. The Bertz CT molecular complexity index is 1230. The van der Waals surface area contributed by atoms with Gasteiger partial charge in [-0.15, -0.1) is 0 Å². The first kappa shape index (κ1) is 19.6. The van der Waals surface area contributed by atoms with Gasteiger partial charge in [0.15, 0.2) is 5.82 Å². The van der Waals surface area contributed by atoms with Gasteiger partial charge in [0, 0.05) is 61.3 Å². The summed E-state index contributed by atoms with van der Waals surface area (Å²) in [5.74, 6) is 2.25. The van der Waals surface area contributed by atoms with Crippen molar-refractivity contribution in [3.8, 4) is 34.2 Å². The summed E-state index contributed by atoms with van der Waals surface area (Å²) in [4.78, 5) is 22.6. The molecule has 0 saturated carbocycles. The van der Waals surface area contributed by atoms with Gasteiger partial charge in [-0.25, -0.2) is 15.0 Å². The van der Waals surface area contributed by atoms with Crippen molar-refractivity contribution < 1.29 is 0 Å². The van der Waals surface area contributed by atoms with Crippen molar-refractivity contribution >= 4 is 5.82 Å². The molecule has 0 amide bonds. The van der Waals surface area contributed by atoms with Gasteiger partial charge < -0.3 is 9.88 Å². The molecule has 32 heavy (non-hydrogen) atoms. The molecule has 0 bridgehead atoms. The van der Waals surface area contributed by atoms with E-state index in [4.69, 9.17) is 9.97 Å². The largest absolute Gasteiger partial charge is 0.368 e. The number of rotatable bonds is 7. The molecule has 0 fully saturated rings. The molecular weight excluding hydrogens is 398 g/mol. The van der Waals surface area contributed by atoms with Crippen LogP contribution in [0.15, 0.2) is 97.7 Å². The molecule has 7 heteroatoms. The summed E-state index contributed by atoms with van der Waals surface area (Å²) >= 11 is 0. The predicted molar refractivity (Wildman–Crippen MR) is 125 cm³/mol. The lowest BCUT2D eigenvalue weighted by Gasteiger charge is -2.12.